The number of thioether (sulfide) groups is 1. The van der Waals surface area contributed by atoms with Gasteiger partial charge in [0, 0.05) is 11.3 Å². The lowest BCUT2D eigenvalue weighted by molar-refractivity contribution is 0.102. The number of sulfonamides is 1. The highest BCUT2D eigenvalue weighted by atomic mass is 32.2. The van der Waals surface area contributed by atoms with Gasteiger partial charge in [0.05, 0.1) is 0 Å². The molecule has 1 amide bonds. The molecule has 28 heavy (non-hydrogen) atoms. The summed E-state index contributed by atoms with van der Waals surface area (Å²) in [5.41, 5.74) is 1.26. The van der Waals surface area contributed by atoms with Gasteiger partial charge < -0.3 is 0 Å². The van der Waals surface area contributed by atoms with E-state index < -0.39 is 10.0 Å². The fourth-order valence-corrected chi connectivity index (χ4v) is 5.60. The van der Waals surface area contributed by atoms with Gasteiger partial charge in [-0.25, -0.2) is 0 Å². The number of aromatic nitrogens is 4. The van der Waals surface area contributed by atoms with Crippen molar-refractivity contribution in [3.63, 3.8) is 0 Å². The number of amides is 1. The Hall–Kier alpha value is -2.35. The minimum Gasteiger partial charge on any atom is -0.296 e. The van der Waals surface area contributed by atoms with E-state index in [2.05, 4.69) is 37.0 Å². The van der Waals surface area contributed by atoms with Crippen LogP contribution in [-0.2, 0) is 10.0 Å². The number of benzene rings is 1. The zero-order valence-electron chi connectivity index (χ0n) is 14.4. The zero-order valence-corrected chi connectivity index (χ0v) is 17.7. The Kier molecular flexibility index (Phi) is 6.39. The van der Waals surface area contributed by atoms with E-state index in [1.807, 2.05) is 6.07 Å². The van der Waals surface area contributed by atoms with Gasteiger partial charge in [0.25, 0.3) is 20.3 Å². The minimum atomic E-state index is -3.99. The first kappa shape index (κ1) is 20.4. The van der Waals surface area contributed by atoms with Crippen LogP contribution in [-0.4, -0.2) is 40.5 Å². The van der Waals surface area contributed by atoms with Gasteiger partial charge in [-0.2, -0.15) is 8.42 Å². The summed E-state index contributed by atoms with van der Waals surface area (Å²) in [7, 11) is -3.99. The van der Waals surface area contributed by atoms with Gasteiger partial charge in [-0.05, 0) is 18.6 Å². The van der Waals surface area contributed by atoms with Crippen LogP contribution >= 0.6 is 34.4 Å². The second-order valence-electron chi connectivity index (χ2n) is 5.22. The maximum atomic E-state index is 12.4. The zero-order chi connectivity index (χ0) is 20.1. The number of carbonyl (C=O) groups excluding carboxylic acids is 1. The van der Waals surface area contributed by atoms with Crippen molar-refractivity contribution in [3.8, 4) is 0 Å². The maximum Gasteiger partial charge on any atom is 0.293 e. The van der Waals surface area contributed by atoms with E-state index in [0.717, 1.165) is 28.2 Å². The predicted molar refractivity (Wildman–Crippen MR) is 111 cm³/mol. The standard InChI is InChI=1S/C15H14N6O3S4/c1-3-8-25-14-19-18-13(26-14)21-28(23,24)15-20-17-12(27-15)16-11(22)10-7-5-4-6-9(10)2/h3-7H,1,8H2,2H3,(H,18,21)(H,16,17,22). The molecule has 0 aliphatic carbocycles. The molecule has 146 valence electrons. The monoisotopic (exact) mass is 454 g/mol. The van der Waals surface area contributed by atoms with Crippen LogP contribution in [0.3, 0.4) is 0 Å². The Labute approximate surface area is 173 Å². The van der Waals surface area contributed by atoms with E-state index in [0.29, 0.717) is 15.7 Å². The quantitative estimate of drug-likeness (QED) is 0.302. The van der Waals surface area contributed by atoms with Crippen molar-refractivity contribution in [2.75, 3.05) is 15.8 Å². The molecule has 3 rings (SSSR count). The fourth-order valence-electron chi connectivity index (χ4n) is 1.96. The van der Waals surface area contributed by atoms with Crippen molar-refractivity contribution >= 4 is 60.6 Å². The molecule has 3 aromatic rings. The molecular formula is C15H14N6O3S4. The first-order valence-electron chi connectivity index (χ1n) is 7.69. The van der Waals surface area contributed by atoms with E-state index in [1.165, 1.54) is 11.8 Å². The molecule has 0 aliphatic heterocycles. The average molecular weight is 455 g/mol. The fraction of sp³-hybridized carbons (Fsp3) is 0.133. The first-order valence-corrected chi connectivity index (χ1v) is 11.8. The lowest BCUT2D eigenvalue weighted by Crippen LogP contribution is -2.13. The van der Waals surface area contributed by atoms with Crippen molar-refractivity contribution in [3.05, 3.63) is 48.0 Å². The van der Waals surface area contributed by atoms with Crippen LogP contribution in [0.1, 0.15) is 15.9 Å². The summed E-state index contributed by atoms with van der Waals surface area (Å²) in [6.45, 7) is 5.41. The Morgan fingerprint density at radius 1 is 1.18 bits per heavy atom. The van der Waals surface area contributed by atoms with Crippen molar-refractivity contribution in [1.29, 1.82) is 0 Å². The lowest BCUT2D eigenvalue weighted by Gasteiger charge is -2.03. The number of rotatable bonds is 8. The summed E-state index contributed by atoms with van der Waals surface area (Å²) in [4.78, 5) is 12.3. The van der Waals surface area contributed by atoms with E-state index in [9.17, 15) is 13.2 Å². The molecule has 0 unspecified atom stereocenters. The van der Waals surface area contributed by atoms with Crippen molar-refractivity contribution in [2.24, 2.45) is 0 Å². The molecular weight excluding hydrogens is 440 g/mol. The molecule has 0 aliphatic rings. The largest absolute Gasteiger partial charge is 0.296 e. The van der Waals surface area contributed by atoms with E-state index in [-0.39, 0.29) is 20.5 Å². The Morgan fingerprint density at radius 2 is 1.93 bits per heavy atom. The number of nitrogens with one attached hydrogen (secondary N) is 2. The van der Waals surface area contributed by atoms with Gasteiger partial charge in [-0.15, -0.1) is 27.0 Å². The van der Waals surface area contributed by atoms with E-state index >= 15 is 0 Å². The normalized spacial score (nSPS) is 11.2. The highest BCUT2D eigenvalue weighted by molar-refractivity contribution is 8.01. The third kappa shape index (κ3) is 4.92. The lowest BCUT2D eigenvalue weighted by atomic mass is 10.1. The van der Waals surface area contributed by atoms with Crippen molar-refractivity contribution in [2.45, 2.75) is 15.6 Å². The Balaban J connectivity index is 1.70. The molecule has 2 N–H and O–H groups in total. The summed E-state index contributed by atoms with van der Waals surface area (Å²) < 4.78 is 27.5. The summed E-state index contributed by atoms with van der Waals surface area (Å²) in [5.74, 6) is 0.251. The summed E-state index contributed by atoms with van der Waals surface area (Å²) in [6, 6.07) is 7.04. The minimum absolute atomic E-state index is 0.0770. The molecule has 0 saturated heterocycles. The SMILES string of the molecule is C=CCSc1nnc(NS(=O)(=O)c2nnc(NC(=O)c3ccccc3C)s2)s1. The Bertz CT molecular complexity index is 1110. The van der Waals surface area contributed by atoms with Gasteiger partial charge in [0.1, 0.15) is 0 Å². The van der Waals surface area contributed by atoms with Crippen LogP contribution in [0, 0.1) is 6.92 Å². The molecule has 0 spiro atoms. The number of hydrogen-bond acceptors (Lipinski definition) is 10. The first-order chi connectivity index (χ1) is 13.4. The third-order valence-corrected chi connectivity index (χ3v) is 7.84. The average Bonchev–Trinajstić information content (AvgIpc) is 3.30. The van der Waals surface area contributed by atoms with Crippen LogP contribution in [0.15, 0.2) is 45.6 Å². The Morgan fingerprint density at radius 3 is 2.68 bits per heavy atom. The van der Waals surface area contributed by atoms with Gasteiger partial charge in [-0.3, -0.25) is 14.8 Å². The second kappa shape index (κ2) is 8.77. The van der Waals surface area contributed by atoms with Crippen LogP contribution in [0.25, 0.3) is 0 Å². The predicted octanol–water partition coefficient (Wildman–Crippen LogP) is 3.03. The smallest absolute Gasteiger partial charge is 0.293 e. The van der Waals surface area contributed by atoms with Crippen LogP contribution in [0.5, 0.6) is 0 Å². The van der Waals surface area contributed by atoms with Gasteiger partial charge in [0.2, 0.25) is 10.3 Å². The molecule has 1 aromatic carbocycles. The number of nitrogens with zero attached hydrogens (tertiary/aromatic N) is 4. The summed E-state index contributed by atoms with van der Waals surface area (Å²) in [5, 5.41) is 17.8. The molecule has 13 heteroatoms. The molecule has 0 bridgehead atoms. The molecule has 2 heterocycles. The number of hydrogen-bond donors (Lipinski definition) is 2. The van der Waals surface area contributed by atoms with Gasteiger partial charge >= 0.3 is 0 Å². The second-order valence-corrected chi connectivity index (χ2v) is 10.3. The van der Waals surface area contributed by atoms with Crippen LogP contribution in [0.4, 0.5) is 10.3 Å². The van der Waals surface area contributed by atoms with Crippen LogP contribution < -0.4 is 10.0 Å². The third-order valence-electron chi connectivity index (χ3n) is 3.20. The van der Waals surface area contributed by atoms with E-state index in [1.54, 1.807) is 31.2 Å². The highest BCUT2D eigenvalue weighted by Gasteiger charge is 2.23. The molecule has 0 fully saturated rings. The van der Waals surface area contributed by atoms with Gasteiger partial charge in [-0.1, -0.05) is 58.7 Å². The maximum absolute atomic E-state index is 12.4. The molecule has 2 aromatic heterocycles. The molecule has 9 nitrogen and oxygen atoms in total. The van der Waals surface area contributed by atoms with Gasteiger partial charge in [0.15, 0.2) is 4.34 Å². The number of aryl methyl sites for hydroxylation is 1. The number of carbonyl (C=O) groups is 1. The summed E-state index contributed by atoms with van der Waals surface area (Å²) in [6.07, 6.45) is 1.71. The summed E-state index contributed by atoms with van der Waals surface area (Å²) >= 11 is 3.23. The highest BCUT2D eigenvalue weighted by Crippen LogP contribution is 2.28. The number of anilines is 2. The molecule has 0 atom stereocenters. The van der Waals surface area contributed by atoms with Crippen molar-refractivity contribution < 1.29 is 13.2 Å². The van der Waals surface area contributed by atoms with E-state index in [4.69, 9.17) is 0 Å². The molecule has 0 saturated carbocycles. The topological polar surface area (TPSA) is 127 Å². The molecule has 0 radical (unpaired) electrons. The van der Waals surface area contributed by atoms with Crippen LogP contribution in [0.2, 0.25) is 0 Å². The van der Waals surface area contributed by atoms with Crippen molar-refractivity contribution in [1.82, 2.24) is 20.4 Å².